The van der Waals surface area contributed by atoms with E-state index in [1.807, 2.05) is 19.1 Å². The van der Waals surface area contributed by atoms with Gasteiger partial charge in [-0.25, -0.2) is 9.97 Å². The van der Waals surface area contributed by atoms with Crippen molar-refractivity contribution < 1.29 is 0 Å². The fourth-order valence-corrected chi connectivity index (χ4v) is 1.69. The Morgan fingerprint density at radius 3 is 2.50 bits per heavy atom. The number of nitrogens with two attached hydrogens (primary N) is 1. The molecular formula is C14H18N4. The van der Waals surface area contributed by atoms with Crippen molar-refractivity contribution >= 4 is 5.82 Å². The molecule has 0 aliphatic heterocycles. The van der Waals surface area contributed by atoms with Crippen LogP contribution in [0.1, 0.15) is 32.0 Å². The van der Waals surface area contributed by atoms with Crippen LogP contribution in [0.4, 0.5) is 5.82 Å². The first-order valence-electron chi connectivity index (χ1n) is 5.94. The number of hydrogen-bond donors (Lipinski definition) is 1. The molecule has 0 saturated carbocycles. The third-order valence-corrected chi connectivity index (χ3v) is 2.78. The standard InChI is InChI=1S/C14H18N4/c1-9-8-16-6-5-10(9)13-17-11(14(2,3)4)7-12(15)18-13/h5-8H,1-4H3,(H2,15,17,18). The molecule has 0 saturated heterocycles. The van der Waals surface area contributed by atoms with Gasteiger partial charge in [-0.15, -0.1) is 0 Å². The van der Waals surface area contributed by atoms with Crippen LogP contribution in [0.5, 0.6) is 0 Å². The first-order chi connectivity index (χ1) is 8.38. The van der Waals surface area contributed by atoms with Crippen molar-refractivity contribution in [1.29, 1.82) is 0 Å². The van der Waals surface area contributed by atoms with E-state index in [1.54, 1.807) is 12.4 Å². The minimum atomic E-state index is -0.0489. The topological polar surface area (TPSA) is 64.7 Å². The average Bonchev–Trinajstić information content (AvgIpc) is 2.27. The second-order valence-corrected chi connectivity index (χ2v) is 5.44. The fraction of sp³-hybridized carbons (Fsp3) is 0.357. The summed E-state index contributed by atoms with van der Waals surface area (Å²) in [4.78, 5) is 13.0. The summed E-state index contributed by atoms with van der Waals surface area (Å²) in [6.45, 7) is 8.32. The molecule has 4 heteroatoms. The van der Waals surface area contributed by atoms with Gasteiger partial charge in [0.25, 0.3) is 0 Å². The van der Waals surface area contributed by atoms with E-state index >= 15 is 0 Å². The maximum absolute atomic E-state index is 5.88. The van der Waals surface area contributed by atoms with Crippen molar-refractivity contribution in [3.05, 3.63) is 35.8 Å². The van der Waals surface area contributed by atoms with Crippen molar-refractivity contribution in [1.82, 2.24) is 15.0 Å². The molecule has 0 amide bonds. The van der Waals surface area contributed by atoms with Crippen LogP contribution in [0.25, 0.3) is 11.4 Å². The highest BCUT2D eigenvalue weighted by Gasteiger charge is 2.18. The van der Waals surface area contributed by atoms with Crippen LogP contribution in [0, 0.1) is 6.92 Å². The molecule has 0 atom stereocenters. The molecule has 0 fully saturated rings. The van der Waals surface area contributed by atoms with Gasteiger partial charge in [0, 0.05) is 29.4 Å². The molecule has 0 bridgehead atoms. The Morgan fingerprint density at radius 2 is 1.89 bits per heavy atom. The van der Waals surface area contributed by atoms with E-state index in [4.69, 9.17) is 5.73 Å². The number of aryl methyl sites for hydroxylation is 1. The summed E-state index contributed by atoms with van der Waals surface area (Å²) in [5.41, 5.74) is 8.79. The number of pyridine rings is 1. The normalized spacial score (nSPS) is 11.6. The SMILES string of the molecule is Cc1cnccc1-c1nc(N)cc(C(C)(C)C)n1. The van der Waals surface area contributed by atoms with Gasteiger partial charge >= 0.3 is 0 Å². The molecule has 2 rings (SSSR count). The first kappa shape index (κ1) is 12.5. The van der Waals surface area contributed by atoms with E-state index in [2.05, 4.69) is 35.7 Å². The van der Waals surface area contributed by atoms with Gasteiger partial charge in [-0.3, -0.25) is 4.98 Å². The molecule has 2 N–H and O–H groups in total. The van der Waals surface area contributed by atoms with Crippen LogP contribution in [-0.2, 0) is 5.41 Å². The second kappa shape index (κ2) is 4.37. The summed E-state index contributed by atoms with van der Waals surface area (Å²) in [5.74, 6) is 1.17. The Kier molecular flexibility index (Phi) is 3.03. The van der Waals surface area contributed by atoms with Crippen LogP contribution in [-0.4, -0.2) is 15.0 Å². The number of rotatable bonds is 1. The van der Waals surface area contributed by atoms with Gasteiger partial charge in [-0.2, -0.15) is 0 Å². The lowest BCUT2D eigenvalue weighted by molar-refractivity contribution is 0.568. The van der Waals surface area contributed by atoms with Gasteiger partial charge in [0.2, 0.25) is 0 Å². The van der Waals surface area contributed by atoms with Gasteiger partial charge in [0.15, 0.2) is 5.82 Å². The van der Waals surface area contributed by atoms with Gasteiger partial charge in [0.1, 0.15) is 5.82 Å². The Bertz CT molecular complexity index is 570. The Morgan fingerprint density at radius 1 is 1.17 bits per heavy atom. The molecule has 94 valence electrons. The second-order valence-electron chi connectivity index (χ2n) is 5.44. The van der Waals surface area contributed by atoms with Crippen LogP contribution in [0.15, 0.2) is 24.5 Å². The molecule has 0 aromatic carbocycles. The average molecular weight is 242 g/mol. The molecule has 0 aliphatic rings. The lowest BCUT2D eigenvalue weighted by atomic mass is 9.91. The van der Waals surface area contributed by atoms with Crippen LogP contribution in [0.2, 0.25) is 0 Å². The molecule has 2 aromatic heterocycles. The maximum Gasteiger partial charge on any atom is 0.162 e. The summed E-state index contributed by atoms with van der Waals surface area (Å²) in [7, 11) is 0. The van der Waals surface area contributed by atoms with Gasteiger partial charge in [0.05, 0.1) is 5.69 Å². The summed E-state index contributed by atoms with van der Waals surface area (Å²) in [6, 6.07) is 3.75. The minimum Gasteiger partial charge on any atom is -0.384 e. The molecule has 2 heterocycles. The molecular weight excluding hydrogens is 224 g/mol. The molecule has 0 spiro atoms. The van der Waals surface area contributed by atoms with E-state index in [0.717, 1.165) is 16.8 Å². The fourth-order valence-electron chi connectivity index (χ4n) is 1.69. The predicted molar refractivity (Wildman–Crippen MR) is 73.1 cm³/mol. The predicted octanol–water partition coefficient (Wildman–Crippen LogP) is 2.73. The Labute approximate surface area is 107 Å². The molecule has 0 aliphatic carbocycles. The Hall–Kier alpha value is -1.97. The number of anilines is 1. The summed E-state index contributed by atoms with van der Waals surface area (Å²) < 4.78 is 0. The number of hydrogen-bond acceptors (Lipinski definition) is 4. The van der Waals surface area contributed by atoms with Crippen molar-refractivity contribution in [2.45, 2.75) is 33.1 Å². The number of nitrogens with zero attached hydrogens (tertiary/aromatic N) is 3. The minimum absolute atomic E-state index is 0.0489. The molecule has 4 nitrogen and oxygen atoms in total. The highest BCUT2D eigenvalue weighted by Crippen LogP contribution is 2.25. The third-order valence-electron chi connectivity index (χ3n) is 2.78. The van der Waals surface area contributed by atoms with Crippen molar-refractivity contribution in [3.8, 4) is 11.4 Å². The lowest BCUT2D eigenvalue weighted by Crippen LogP contribution is -2.15. The van der Waals surface area contributed by atoms with Gasteiger partial charge in [-0.1, -0.05) is 20.8 Å². The van der Waals surface area contributed by atoms with Crippen LogP contribution >= 0.6 is 0 Å². The van der Waals surface area contributed by atoms with Crippen LogP contribution < -0.4 is 5.73 Å². The van der Waals surface area contributed by atoms with Gasteiger partial charge in [-0.05, 0) is 18.6 Å². The zero-order chi connectivity index (χ0) is 13.3. The molecule has 18 heavy (non-hydrogen) atoms. The molecule has 2 aromatic rings. The van der Waals surface area contributed by atoms with E-state index in [9.17, 15) is 0 Å². The quantitative estimate of drug-likeness (QED) is 0.835. The van der Waals surface area contributed by atoms with Crippen molar-refractivity contribution in [2.75, 3.05) is 5.73 Å². The van der Waals surface area contributed by atoms with E-state index in [1.165, 1.54) is 0 Å². The maximum atomic E-state index is 5.88. The smallest absolute Gasteiger partial charge is 0.162 e. The summed E-state index contributed by atoms with van der Waals surface area (Å²) >= 11 is 0. The van der Waals surface area contributed by atoms with E-state index < -0.39 is 0 Å². The highest BCUT2D eigenvalue weighted by molar-refractivity contribution is 5.60. The van der Waals surface area contributed by atoms with E-state index in [0.29, 0.717) is 11.6 Å². The summed E-state index contributed by atoms with van der Waals surface area (Å²) in [5, 5.41) is 0. The monoisotopic (exact) mass is 242 g/mol. The largest absolute Gasteiger partial charge is 0.384 e. The van der Waals surface area contributed by atoms with Crippen molar-refractivity contribution in [2.24, 2.45) is 0 Å². The van der Waals surface area contributed by atoms with Crippen LogP contribution in [0.3, 0.4) is 0 Å². The first-order valence-corrected chi connectivity index (χ1v) is 5.94. The van der Waals surface area contributed by atoms with Gasteiger partial charge < -0.3 is 5.73 Å². The summed E-state index contributed by atoms with van der Waals surface area (Å²) in [6.07, 6.45) is 3.55. The molecule has 0 unspecified atom stereocenters. The molecule has 0 radical (unpaired) electrons. The Balaban J connectivity index is 2.60. The number of nitrogen functional groups attached to an aromatic ring is 1. The zero-order valence-electron chi connectivity index (χ0n) is 11.2. The number of aromatic nitrogens is 3. The highest BCUT2D eigenvalue weighted by atomic mass is 15.0. The zero-order valence-corrected chi connectivity index (χ0v) is 11.2. The third kappa shape index (κ3) is 2.47. The van der Waals surface area contributed by atoms with E-state index in [-0.39, 0.29) is 5.41 Å². The lowest BCUT2D eigenvalue weighted by Gasteiger charge is -2.19. The van der Waals surface area contributed by atoms with Crippen molar-refractivity contribution in [3.63, 3.8) is 0 Å².